The lowest BCUT2D eigenvalue weighted by atomic mass is 10.0. The first kappa shape index (κ1) is 16.1. The molecule has 2 heterocycles. The smallest absolute Gasteiger partial charge is 0.338 e. The van der Waals surface area contributed by atoms with Gasteiger partial charge in [0, 0.05) is 24.1 Å². The number of hydrogen-bond donors (Lipinski definition) is 1. The topological polar surface area (TPSA) is 72.9 Å². The van der Waals surface area contributed by atoms with Gasteiger partial charge in [-0.25, -0.2) is 9.48 Å². The summed E-state index contributed by atoms with van der Waals surface area (Å²) in [4.78, 5) is 11.6. The van der Waals surface area contributed by atoms with Gasteiger partial charge in [0.15, 0.2) is 0 Å². The van der Waals surface area contributed by atoms with Gasteiger partial charge in [-0.05, 0) is 61.4 Å². The van der Waals surface area contributed by atoms with Crippen LogP contribution < -0.4 is 0 Å². The van der Waals surface area contributed by atoms with Gasteiger partial charge in [-0.1, -0.05) is 17.3 Å². The van der Waals surface area contributed by atoms with Crippen LogP contribution in [-0.4, -0.2) is 30.6 Å². The number of hydrogen-bond acceptors (Lipinski definition) is 3. The molecule has 0 aliphatic heterocycles. The average molecular weight is 346 g/mol. The van der Waals surface area contributed by atoms with E-state index in [9.17, 15) is 9.90 Å². The largest absolute Gasteiger partial charge is 0.478 e. The normalized spacial score (nSPS) is 11.2. The van der Waals surface area contributed by atoms with E-state index in [2.05, 4.69) is 40.9 Å². The van der Waals surface area contributed by atoms with E-state index in [4.69, 9.17) is 0 Å². The molecule has 0 fully saturated rings. The minimum atomic E-state index is -1.01. The fourth-order valence-corrected chi connectivity index (χ4v) is 3.34. The van der Waals surface area contributed by atoms with E-state index in [0.29, 0.717) is 11.0 Å². The Kier molecular flexibility index (Phi) is 3.61. The number of benzene rings is 2. The lowest BCUT2D eigenvalue weighted by Crippen LogP contribution is -2.00. The first-order valence-corrected chi connectivity index (χ1v) is 8.28. The zero-order valence-corrected chi connectivity index (χ0v) is 14.8. The summed E-state index contributed by atoms with van der Waals surface area (Å²) in [7, 11) is 1.76. The summed E-state index contributed by atoms with van der Waals surface area (Å²) in [6.07, 6.45) is 0. The second-order valence-electron chi connectivity index (χ2n) is 6.41. The summed E-state index contributed by atoms with van der Waals surface area (Å²) in [5.74, 6) is -1.01. The third kappa shape index (κ3) is 2.47. The Balaban J connectivity index is 1.83. The summed E-state index contributed by atoms with van der Waals surface area (Å²) < 4.78 is 3.77. The molecule has 1 N–H and O–H groups in total. The van der Waals surface area contributed by atoms with E-state index in [0.717, 1.165) is 16.8 Å². The average Bonchev–Trinajstić information content (AvgIpc) is 3.17. The zero-order chi connectivity index (χ0) is 18.4. The van der Waals surface area contributed by atoms with Crippen LogP contribution in [0.1, 0.15) is 21.7 Å². The van der Waals surface area contributed by atoms with Crippen molar-refractivity contribution in [1.82, 2.24) is 19.6 Å². The summed E-state index contributed by atoms with van der Waals surface area (Å²) >= 11 is 0. The van der Waals surface area contributed by atoms with Gasteiger partial charge >= 0.3 is 5.97 Å². The lowest BCUT2D eigenvalue weighted by molar-refractivity contribution is 0.0699. The SMILES string of the molecule is Cc1ccc(C)n1-c1ccc(-c2cc(C(=O)O)c3nnn(C)c3c2)cc1. The molecule has 4 aromatic rings. The van der Waals surface area contributed by atoms with Crippen molar-refractivity contribution in [2.75, 3.05) is 0 Å². The molecule has 0 unspecified atom stereocenters. The Morgan fingerprint density at radius 3 is 2.23 bits per heavy atom. The van der Waals surface area contributed by atoms with Crippen molar-refractivity contribution in [2.24, 2.45) is 7.05 Å². The predicted octanol–water partition coefficient (Wildman–Crippen LogP) is 3.74. The fraction of sp³-hybridized carbons (Fsp3) is 0.150. The Morgan fingerprint density at radius 1 is 0.962 bits per heavy atom. The summed E-state index contributed by atoms with van der Waals surface area (Å²) in [5, 5.41) is 17.4. The van der Waals surface area contributed by atoms with E-state index >= 15 is 0 Å². The molecule has 4 rings (SSSR count). The highest BCUT2D eigenvalue weighted by Crippen LogP contribution is 2.28. The molecule has 2 aromatic carbocycles. The number of fused-ring (bicyclic) bond motifs is 1. The van der Waals surface area contributed by atoms with Crippen LogP contribution in [0, 0.1) is 13.8 Å². The van der Waals surface area contributed by atoms with Gasteiger partial charge in [-0.2, -0.15) is 0 Å². The molecule has 0 amide bonds. The van der Waals surface area contributed by atoms with Crippen LogP contribution in [0.25, 0.3) is 27.8 Å². The molecule has 0 radical (unpaired) electrons. The molecular weight excluding hydrogens is 328 g/mol. The molecular formula is C20H18N4O2. The number of nitrogens with zero attached hydrogens (tertiary/aromatic N) is 4. The third-order valence-corrected chi connectivity index (χ3v) is 4.68. The van der Waals surface area contributed by atoms with Crippen molar-refractivity contribution in [3.05, 3.63) is 65.5 Å². The maximum absolute atomic E-state index is 11.6. The second-order valence-corrected chi connectivity index (χ2v) is 6.41. The summed E-state index contributed by atoms with van der Waals surface area (Å²) in [6.45, 7) is 4.15. The molecule has 0 aliphatic carbocycles. The standard InChI is InChI=1S/C20H18N4O2/c1-12-4-5-13(2)24(12)16-8-6-14(7-9-16)15-10-17(20(25)26)19-18(11-15)23(3)22-21-19/h4-11H,1-3H3,(H,25,26). The Labute approximate surface area is 150 Å². The number of aromatic nitrogens is 4. The Bertz CT molecular complexity index is 1120. The molecule has 0 saturated carbocycles. The quantitative estimate of drug-likeness (QED) is 0.613. The molecule has 130 valence electrons. The van der Waals surface area contributed by atoms with Crippen molar-refractivity contribution in [1.29, 1.82) is 0 Å². The monoisotopic (exact) mass is 346 g/mol. The van der Waals surface area contributed by atoms with E-state index in [-0.39, 0.29) is 5.56 Å². The lowest BCUT2D eigenvalue weighted by Gasteiger charge is -2.11. The summed E-state index contributed by atoms with van der Waals surface area (Å²) in [5.41, 5.74) is 6.45. The first-order chi connectivity index (χ1) is 12.5. The van der Waals surface area contributed by atoms with Gasteiger partial charge in [-0.15, -0.1) is 5.10 Å². The molecule has 2 aromatic heterocycles. The van der Waals surface area contributed by atoms with Gasteiger partial charge < -0.3 is 9.67 Å². The molecule has 26 heavy (non-hydrogen) atoms. The zero-order valence-electron chi connectivity index (χ0n) is 14.8. The molecule has 0 aliphatic rings. The predicted molar refractivity (Wildman–Crippen MR) is 99.7 cm³/mol. The van der Waals surface area contributed by atoms with Crippen LogP contribution in [-0.2, 0) is 7.05 Å². The van der Waals surface area contributed by atoms with Crippen LogP contribution in [0.4, 0.5) is 0 Å². The van der Waals surface area contributed by atoms with Crippen LogP contribution in [0.5, 0.6) is 0 Å². The second kappa shape index (κ2) is 5.84. The van der Waals surface area contributed by atoms with E-state index in [1.54, 1.807) is 17.8 Å². The number of carboxylic acids is 1. The number of carboxylic acid groups (broad SMARTS) is 1. The highest BCUT2D eigenvalue weighted by molar-refractivity contribution is 6.02. The number of rotatable bonds is 3. The van der Waals surface area contributed by atoms with Crippen molar-refractivity contribution < 1.29 is 9.90 Å². The molecule has 0 atom stereocenters. The van der Waals surface area contributed by atoms with Gasteiger partial charge in [0.2, 0.25) is 0 Å². The van der Waals surface area contributed by atoms with Crippen LogP contribution in [0.15, 0.2) is 48.5 Å². The van der Waals surface area contributed by atoms with Crippen molar-refractivity contribution in [2.45, 2.75) is 13.8 Å². The molecule has 0 bridgehead atoms. The minimum Gasteiger partial charge on any atom is -0.478 e. The Morgan fingerprint density at radius 2 is 1.62 bits per heavy atom. The maximum Gasteiger partial charge on any atom is 0.338 e. The van der Waals surface area contributed by atoms with Crippen LogP contribution >= 0.6 is 0 Å². The van der Waals surface area contributed by atoms with Gasteiger partial charge in [0.05, 0.1) is 11.1 Å². The van der Waals surface area contributed by atoms with Crippen molar-refractivity contribution >= 4 is 17.0 Å². The Hall–Kier alpha value is -3.41. The third-order valence-electron chi connectivity index (χ3n) is 4.68. The molecule has 0 saturated heterocycles. The molecule has 6 heteroatoms. The van der Waals surface area contributed by atoms with Crippen LogP contribution in [0.3, 0.4) is 0 Å². The maximum atomic E-state index is 11.6. The van der Waals surface area contributed by atoms with E-state index in [1.165, 1.54) is 11.4 Å². The first-order valence-electron chi connectivity index (χ1n) is 8.28. The molecule has 0 spiro atoms. The van der Waals surface area contributed by atoms with Crippen molar-refractivity contribution in [3.8, 4) is 16.8 Å². The number of aromatic carboxylic acids is 1. The highest BCUT2D eigenvalue weighted by Gasteiger charge is 2.16. The van der Waals surface area contributed by atoms with Crippen molar-refractivity contribution in [3.63, 3.8) is 0 Å². The number of carbonyl (C=O) groups is 1. The van der Waals surface area contributed by atoms with E-state index < -0.39 is 5.97 Å². The molecule has 6 nitrogen and oxygen atoms in total. The highest BCUT2D eigenvalue weighted by atomic mass is 16.4. The fourth-order valence-electron chi connectivity index (χ4n) is 3.34. The van der Waals surface area contributed by atoms with Gasteiger partial charge in [0.1, 0.15) is 5.52 Å². The summed E-state index contributed by atoms with van der Waals surface area (Å²) in [6, 6.07) is 15.8. The number of aryl methyl sites for hydroxylation is 3. The van der Waals surface area contributed by atoms with Gasteiger partial charge in [0.25, 0.3) is 0 Å². The minimum absolute atomic E-state index is 0.159. The van der Waals surface area contributed by atoms with Crippen LogP contribution in [0.2, 0.25) is 0 Å². The van der Waals surface area contributed by atoms with E-state index in [1.807, 2.05) is 30.3 Å². The van der Waals surface area contributed by atoms with Gasteiger partial charge in [-0.3, -0.25) is 0 Å².